The van der Waals surface area contributed by atoms with Gasteiger partial charge < -0.3 is 10.6 Å². The lowest BCUT2D eigenvalue weighted by molar-refractivity contribution is 0.0919. The van der Waals surface area contributed by atoms with Crippen LogP contribution in [0.4, 0.5) is 0 Å². The molecule has 1 saturated heterocycles. The third-order valence-corrected chi connectivity index (χ3v) is 6.26. The molecular formula is C17H25N3O3S. The molecule has 24 heavy (non-hydrogen) atoms. The second kappa shape index (κ2) is 6.82. The van der Waals surface area contributed by atoms with Crippen molar-refractivity contribution in [3.63, 3.8) is 0 Å². The molecule has 0 radical (unpaired) electrons. The number of hydrogen-bond donors (Lipinski definition) is 3. The van der Waals surface area contributed by atoms with Crippen molar-refractivity contribution >= 4 is 15.9 Å². The Balaban J connectivity index is 1.79. The lowest BCUT2D eigenvalue weighted by atomic mass is 9.99. The molecule has 1 aromatic rings. The van der Waals surface area contributed by atoms with Gasteiger partial charge in [0.2, 0.25) is 10.0 Å². The van der Waals surface area contributed by atoms with Crippen LogP contribution in [0, 0.1) is 6.92 Å². The number of carbonyl (C=O) groups excluding carboxylic acids is 1. The highest BCUT2D eigenvalue weighted by molar-refractivity contribution is 7.89. The summed E-state index contributed by atoms with van der Waals surface area (Å²) in [5, 5.41) is 6.39. The van der Waals surface area contributed by atoms with E-state index in [2.05, 4.69) is 22.3 Å². The molecule has 2 aliphatic rings. The normalized spacial score (nSPS) is 24.6. The predicted octanol–water partition coefficient (Wildman–Crippen LogP) is 1.31. The van der Waals surface area contributed by atoms with E-state index in [9.17, 15) is 13.2 Å². The van der Waals surface area contributed by atoms with Crippen LogP contribution < -0.4 is 15.4 Å². The monoisotopic (exact) mass is 351 g/mol. The standard InChI is InChI=1S/C17H25N3O3S/c1-11-5-8-14(24(22,23)20-13-6-7-13)10-15(11)17(21)19-16-4-3-9-18-12(16)2/h5,8,10,12-13,16,18,20H,3-4,6-7,9H2,1-2H3,(H,19,21). The fourth-order valence-corrected chi connectivity index (χ4v) is 4.32. The minimum atomic E-state index is -3.56. The number of hydrogen-bond acceptors (Lipinski definition) is 4. The van der Waals surface area contributed by atoms with E-state index in [0.717, 1.165) is 37.8 Å². The quantitative estimate of drug-likeness (QED) is 0.746. The van der Waals surface area contributed by atoms with E-state index in [0.29, 0.717) is 5.56 Å². The largest absolute Gasteiger partial charge is 0.348 e. The molecule has 1 heterocycles. The highest BCUT2D eigenvalue weighted by atomic mass is 32.2. The lowest BCUT2D eigenvalue weighted by Crippen LogP contribution is -2.52. The van der Waals surface area contributed by atoms with Gasteiger partial charge in [0, 0.05) is 23.7 Å². The fourth-order valence-electron chi connectivity index (χ4n) is 2.99. The Morgan fingerprint density at radius 1 is 1.25 bits per heavy atom. The molecule has 6 nitrogen and oxygen atoms in total. The Labute approximate surface area is 143 Å². The number of amides is 1. The van der Waals surface area contributed by atoms with Gasteiger partial charge in [-0.3, -0.25) is 4.79 Å². The molecule has 1 aliphatic heterocycles. The average Bonchev–Trinajstić information content (AvgIpc) is 3.33. The van der Waals surface area contributed by atoms with Gasteiger partial charge in [-0.05, 0) is 63.8 Å². The van der Waals surface area contributed by atoms with Crippen molar-refractivity contribution in [1.82, 2.24) is 15.4 Å². The van der Waals surface area contributed by atoms with Gasteiger partial charge in [-0.2, -0.15) is 0 Å². The van der Waals surface area contributed by atoms with Gasteiger partial charge >= 0.3 is 0 Å². The Morgan fingerprint density at radius 3 is 2.67 bits per heavy atom. The first-order valence-corrected chi connectivity index (χ1v) is 10.0. The Hall–Kier alpha value is -1.44. The van der Waals surface area contributed by atoms with Crippen molar-refractivity contribution in [1.29, 1.82) is 0 Å². The second-order valence-electron chi connectivity index (χ2n) is 6.84. The molecule has 2 atom stereocenters. The van der Waals surface area contributed by atoms with Crippen LogP contribution in [0.1, 0.15) is 48.5 Å². The molecule has 0 spiro atoms. The van der Waals surface area contributed by atoms with E-state index in [1.54, 1.807) is 12.1 Å². The summed E-state index contributed by atoms with van der Waals surface area (Å²) in [5.41, 5.74) is 1.20. The Kier molecular flexibility index (Phi) is 4.94. The number of piperidine rings is 1. The van der Waals surface area contributed by atoms with E-state index >= 15 is 0 Å². The maximum absolute atomic E-state index is 12.6. The van der Waals surface area contributed by atoms with E-state index in [-0.39, 0.29) is 28.9 Å². The van der Waals surface area contributed by atoms with Crippen LogP contribution in [0.15, 0.2) is 23.1 Å². The summed E-state index contributed by atoms with van der Waals surface area (Å²) in [6.45, 7) is 4.84. The van der Waals surface area contributed by atoms with Crippen LogP contribution in [0.5, 0.6) is 0 Å². The minimum absolute atomic E-state index is 0.0442. The van der Waals surface area contributed by atoms with E-state index in [4.69, 9.17) is 0 Å². The zero-order valence-corrected chi connectivity index (χ0v) is 14.9. The summed E-state index contributed by atoms with van der Waals surface area (Å²) in [4.78, 5) is 12.8. The SMILES string of the molecule is Cc1ccc(S(=O)(=O)NC2CC2)cc1C(=O)NC1CCCNC1C. The van der Waals surface area contributed by atoms with Crippen LogP contribution >= 0.6 is 0 Å². The molecule has 1 amide bonds. The molecule has 3 N–H and O–H groups in total. The van der Waals surface area contributed by atoms with Gasteiger partial charge in [0.25, 0.3) is 5.91 Å². The van der Waals surface area contributed by atoms with Crippen molar-refractivity contribution in [2.45, 2.75) is 62.6 Å². The van der Waals surface area contributed by atoms with Gasteiger partial charge in [-0.25, -0.2) is 13.1 Å². The molecule has 3 rings (SSSR count). The number of rotatable bonds is 5. The molecule has 2 unspecified atom stereocenters. The molecule has 132 valence electrons. The highest BCUT2D eigenvalue weighted by Crippen LogP contribution is 2.23. The van der Waals surface area contributed by atoms with Crippen LogP contribution in [0.25, 0.3) is 0 Å². The molecule has 2 fully saturated rings. The van der Waals surface area contributed by atoms with Gasteiger partial charge in [-0.15, -0.1) is 0 Å². The summed E-state index contributed by atoms with van der Waals surface area (Å²) in [6.07, 6.45) is 3.71. The number of benzene rings is 1. The van der Waals surface area contributed by atoms with Crippen LogP contribution in [0.3, 0.4) is 0 Å². The van der Waals surface area contributed by atoms with E-state index < -0.39 is 10.0 Å². The van der Waals surface area contributed by atoms with Gasteiger partial charge in [-0.1, -0.05) is 6.07 Å². The number of aryl methyl sites for hydroxylation is 1. The molecule has 1 aliphatic carbocycles. The minimum Gasteiger partial charge on any atom is -0.348 e. The maximum Gasteiger partial charge on any atom is 0.251 e. The second-order valence-corrected chi connectivity index (χ2v) is 8.55. The first-order chi connectivity index (χ1) is 11.4. The Bertz CT molecular complexity index is 729. The topological polar surface area (TPSA) is 87.3 Å². The maximum atomic E-state index is 12.6. The molecule has 7 heteroatoms. The average molecular weight is 351 g/mol. The summed E-state index contributed by atoms with van der Waals surface area (Å²) in [6, 6.07) is 5.06. The molecule has 1 aromatic carbocycles. The van der Waals surface area contributed by atoms with Crippen molar-refractivity contribution in [3.05, 3.63) is 29.3 Å². The third kappa shape index (κ3) is 3.96. The smallest absolute Gasteiger partial charge is 0.251 e. The molecule has 0 aromatic heterocycles. The highest BCUT2D eigenvalue weighted by Gasteiger charge is 2.29. The van der Waals surface area contributed by atoms with Crippen LogP contribution in [-0.2, 0) is 10.0 Å². The van der Waals surface area contributed by atoms with Gasteiger partial charge in [0.15, 0.2) is 0 Å². The van der Waals surface area contributed by atoms with E-state index in [1.165, 1.54) is 6.07 Å². The molecule has 0 bridgehead atoms. The predicted molar refractivity (Wildman–Crippen MR) is 92.5 cm³/mol. The zero-order chi connectivity index (χ0) is 17.3. The Morgan fingerprint density at radius 2 is 2.00 bits per heavy atom. The number of nitrogens with one attached hydrogen (secondary N) is 3. The van der Waals surface area contributed by atoms with Crippen molar-refractivity contribution in [3.8, 4) is 0 Å². The van der Waals surface area contributed by atoms with Gasteiger partial charge in [0.05, 0.1) is 4.90 Å². The molecule has 1 saturated carbocycles. The molecular weight excluding hydrogens is 326 g/mol. The van der Waals surface area contributed by atoms with Gasteiger partial charge in [0.1, 0.15) is 0 Å². The summed E-state index contributed by atoms with van der Waals surface area (Å²) in [5.74, 6) is -0.212. The number of carbonyl (C=O) groups is 1. The first kappa shape index (κ1) is 17.4. The fraction of sp³-hybridized carbons (Fsp3) is 0.588. The van der Waals surface area contributed by atoms with Crippen LogP contribution in [0.2, 0.25) is 0 Å². The summed E-state index contributed by atoms with van der Waals surface area (Å²) >= 11 is 0. The summed E-state index contributed by atoms with van der Waals surface area (Å²) < 4.78 is 27.4. The zero-order valence-electron chi connectivity index (χ0n) is 14.1. The number of sulfonamides is 1. The van der Waals surface area contributed by atoms with Crippen molar-refractivity contribution in [2.24, 2.45) is 0 Å². The van der Waals surface area contributed by atoms with Crippen molar-refractivity contribution in [2.75, 3.05) is 6.54 Å². The van der Waals surface area contributed by atoms with Crippen molar-refractivity contribution < 1.29 is 13.2 Å². The van der Waals surface area contributed by atoms with Crippen LogP contribution in [-0.4, -0.2) is 39.0 Å². The summed E-state index contributed by atoms with van der Waals surface area (Å²) in [7, 11) is -3.56. The van der Waals surface area contributed by atoms with E-state index in [1.807, 2.05) is 6.92 Å². The first-order valence-electron chi connectivity index (χ1n) is 8.54. The third-order valence-electron chi connectivity index (χ3n) is 4.74. The lowest BCUT2D eigenvalue weighted by Gasteiger charge is -2.30.